The van der Waals surface area contributed by atoms with Gasteiger partial charge in [0, 0.05) is 25.2 Å². The molecule has 0 aliphatic rings. The molecule has 0 aromatic heterocycles. The molecular formula is C11H17N3O3S. The summed E-state index contributed by atoms with van der Waals surface area (Å²) in [5.74, 6) is -0.224. The van der Waals surface area contributed by atoms with Crippen LogP contribution in [0.2, 0.25) is 0 Å². The molecule has 0 aliphatic heterocycles. The molecule has 0 heterocycles. The summed E-state index contributed by atoms with van der Waals surface area (Å²) in [6, 6.07) is 8.74. The van der Waals surface area contributed by atoms with Crippen molar-refractivity contribution < 1.29 is 13.2 Å². The van der Waals surface area contributed by atoms with E-state index < -0.39 is 10.2 Å². The second kappa shape index (κ2) is 7.10. The van der Waals surface area contributed by atoms with Crippen molar-refractivity contribution in [3.8, 4) is 0 Å². The maximum Gasteiger partial charge on any atom is 0.276 e. The van der Waals surface area contributed by atoms with Crippen molar-refractivity contribution in [1.29, 1.82) is 0 Å². The summed E-state index contributed by atoms with van der Waals surface area (Å²) >= 11 is 0. The van der Waals surface area contributed by atoms with Gasteiger partial charge in [-0.25, -0.2) is 9.44 Å². The predicted octanol–water partition coefficient (Wildman–Crippen LogP) is -0.140. The smallest absolute Gasteiger partial charge is 0.276 e. The van der Waals surface area contributed by atoms with Gasteiger partial charge in [-0.2, -0.15) is 8.42 Å². The van der Waals surface area contributed by atoms with Gasteiger partial charge in [-0.15, -0.1) is 0 Å². The molecule has 6 nitrogen and oxygen atoms in total. The van der Waals surface area contributed by atoms with Crippen LogP contribution in [0.3, 0.4) is 0 Å². The summed E-state index contributed by atoms with van der Waals surface area (Å²) in [4.78, 5) is 11.6. The van der Waals surface area contributed by atoms with Gasteiger partial charge >= 0.3 is 0 Å². The number of benzene rings is 1. The Hall–Kier alpha value is -1.44. The van der Waals surface area contributed by atoms with Crippen molar-refractivity contribution in [2.24, 2.45) is 0 Å². The summed E-state index contributed by atoms with van der Waals surface area (Å²) in [5.41, 5.74) is 0.548. The molecule has 0 saturated heterocycles. The highest BCUT2D eigenvalue weighted by Crippen LogP contribution is 1.96. The summed E-state index contributed by atoms with van der Waals surface area (Å²) < 4.78 is 27.0. The van der Waals surface area contributed by atoms with E-state index in [-0.39, 0.29) is 19.0 Å². The van der Waals surface area contributed by atoms with Crippen LogP contribution in [0.25, 0.3) is 0 Å². The van der Waals surface area contributed by atoms with Gasteiger partial charge in [0.15, 0.2) is 0 Å². The minimum atomic E-state index is -3.45. The highest BCUT2D eigenvalue weighted by molar-refractivity contribution is 7.87. The third kappa shape index (κ3) is 5.26. The quantitative estimate of drug-likeness (QED) is 0.603. The fourth-order valence-corrected chi connectivity index (χ4v) is 2.15. The third-order valence-electron chi connectivity index (χ3n) is 2.07. The van der Waals surface area contributed by atoms with Gasteiger partial charge in [-0.05, 0) is 12.1 Å². The van der Waals surface area contributed by atoms with E-state index in [2.05, 4.69) is 14.8 Å². The molecule has 1 rings (SSSR count). The molecule has 7 heteroatoms. The zero-order valence-corrected chi connectivity index (χ0v) is 11.0. The topological polar surface area (TPSA) is 87.3 Å². The number of hydrogen-bond donors (Lipinski definition) is 3. The molecule has 0 saturated carbocycles. The Morgan fingerprint density at radius 2 is 1.78 bits per heavy atom. The van der Waals surface area contributed by atoms with Crippen molar-refractivity contribution in [2.75, 3.05) is 19.6 Å². The van der Waals surface area contributed by atoms with Gasteiger partial charge in [0.25, 0.3) is 16.1 Å². The summed E-state index contributed by atoms with van der Waals surface area (Å²) in [6.07, 6.45) is 0. The van der Waals surface area contributed by atoms with Crippen LogP contribution in [0.1, 0.15) is 17.3 Å². The van der Waals surface area contributed by atoms with E-state index in [1.807, 2.05) is 6.07 Å². The highest BCUT2D eigenvalue weighted by Gasteiger charge is 2.07. The normalized spacial score (nSPS) is 11.2. The number of carbonyl (C=O) groups is 1. The van der Waals surface area contributed by atoms with E-state index in [0.29, 0.717) is 12.1 Å². The number of nitrogens with one attached hydrogen (secondary N) is 3. The lowest BCUT2D eigenvalue weighted by atomic mass is 10.2. The SMILES string of the molecule is CCNS(=O)(=O)NCCNC(=O)c1ccccc1. The van der Waals surface area contributed by atoms with Gasteiger partial charge in [-0.3, -0.25) is 4.79 Å². The molecule has 0 spiro atoms. The lowest BCUT2D eigenvalue weighted by molar-refractivity contribution is 0.0954. The van der Waals surface area contributed by atoms with Crippen LogP contribution in [0.4, 0.5) is 0 Å². The van der Waals surface area contributed by atoms with Gasteiger partial charge < -0.3 is 5.32 Å². The lowest BCUT2D eigenvalue weighted by Crippen LogP contribution is -2.40. The molecule has 1 amide bonds. The van der Waals surface area contributed by atoms with Crippen LogP contribution in [-0.4, -0.2) is 34.0 Å². The van der Waals surface area contributed by atoms with Crippen molar-refractivity contribution >= 4 is 16.1 Å². The van der Waals surface area contributed by atoms with Crippen molar-refractivity contribution in [3.63, 3.8) is 0 Å². The van der Waals surface area contributed by atoms with E-state index in [0.717, 1.165) is 0 Å². The molecule has 3 N–H and O–H groups in total. The molecule has 18 heavy (non-hydrogen) atoms. The predicted molar refractivity (Wildman–Crippen MR) is 69.4 cm³/mol. The first-order chi connectivity index (χ1) is 8.55. The maximum atomic E-state index is 11.6. The van der Waals surface area contributed by atoms with Crippen molar-refractivity contribution in [1.82, 2.24) is 14.8 Å². The fourth-order valence-electron chi connectivity index (χ4n) is 1.29. The van der Waals surface area contributed by atoms with E-state index >= 15 is 0 Å². The Morgan fingerprint density at radius 1 is 1.11 bits per heavy atom. The Bertz CT molecular complexity index is 474. The molecule has 1 aromatic carbocycles. The van der Waals surface area contributed by atoms with E-state index in [9.17, 15) is 13.2 Å². The van der Waals surface area contributed by atoms with Crippen LogP contribution in [0.5, 0.6) is 0 Å². The molecule has 100 valence electrons. The molecule has 0 unspecified atom stereocenters. The minimum absolute atomic E-state index is 0.147. The monoisotopic (exact) mass is 271 g/mol. The standard InChI is InChI=1S/C11H17N3O3S/c1-2-13-18(16,17)14-9-8-12-11(15)10-6-4-3-5-7-10/h3-7,13-14H,2,8-9H2,1H3,(H,12,15). The van der Waals surface area contributed by atoms with Crippen LogP contribution >= 0.6 is 0 Å². The number of rotatable bonds is 7. The van der Waals surface area contributed by atoms with Crippen LogP contribution in [-0.2, 0) is 10.2 Å². The Kier molecular flexibility index (Phi) is 5.76. The fraction of sp³-hybridized carbons (Fsp3) is 0.364. The maximum absolute atomic E-state index is 11.6. The molecular weight excluding hydrogens is 254 g/mol. The largest absolute Gasteiger partial charge is 0.351 e. The van der Waals surface area contributed by atoms with Gasteiger partial charge in [0.2, 0.25) is 0 Å². The zero-order chi connectivity index (χ0) is 13.4. The van der Waals surface area contributed by atoms with E-state index in [1.165, 1.54) is 0 Å². The minimum Gasteiger partial charge on any atom is -0.351 e. The van der Waals surface area contributed by atoms with Gasteiger partial charge in [0.1, 0.15) is 0 Å². The Balaban J connectivity index is 2.29. The average molecular weight is 271 g/mol. The molecule has 0 fully saturated rings. The number of hydrogen-bond acceptors (Lipinski definition) is 3. The molecule has 0 atom stereocenters. The van der Waals surface area contributed by atoms with Crippen LogP contribution in [0.15, 0.2) is 30.3 Å². The first kappa shape index (κ1) is 14.6. The van der Waals surface area contributed by atoms with E-state index in [1.54, 1.807) is 31.2 Å². The van der Waals surface area contributed by atoms with Gasteiger partial charge in [0.05, 0.1) is 0 Å². The van der Waals surface area contributed by atoms with Crippen LogP contribution < -0.4 is 14.8 Å². The summed E-state index contributed by atoms with van der Waals surface area (Å²) in [5, 5.41) is 2.62. The van der Waals surface area contributed by atoms with Crippen molar-refractivity contribution in [2.45, 2.75) is 6.92 Å². The Labute approximate surface area is 107 Å². The zero-order valence-electron chi connectivity index (χ0n) is 10.1. The molecule has 1 aromatic rings. The van der Waals surface area contributed by atoms with E-state index in [4.69, 9.17) is 0 Å². The Morgan fingerprint density at radius 3 is 2.39 bits per heavy atom. The molecule has 0 bridgehead atoms. The summed E-state index contributed by atoms with van der Waals surface area (Å²) in [6.45, 7) is 2.40. The number of amides is 1. The number of carbonyl (C=O) groups excluding carboxylic acids is 1. The second-order valence-corrected chi connectivity index (χ2v) is 5.10. The van der Waals surface area contributed by atoms with Crippen molar-refractivity contribution in [3.05, 3.63) is 35.9 Å². The summed E-state index contributed by atoms with van der Waals surface area (Å²) in [7, 11) is -3.45. The highest BCUT2D eigenvalue weighted by atomic mass is 32.2. The molecule has 0 aliphatic carbocycles. The molecule has 0 radical (unpaired) electrons. The average Bonchev–Trinajstić information content (AvgIpc) is 2.35. The third-order valence-corrected chi connectivity index (χ3v) is 3.33. The first-order valence-corrected chi connectivity index (χ1v) is 7.11. The first-order valence-electron chi connectivity index (χ1n) is 5.62. The lowest BCUT2D eigenvalue weighted by Gasteiger charge is -2.07. The second-order valence-electron chi connectivity index (χ2n) is 3.52. The van der Waals surface area contributed by atoms with Crippen LogP contribution in [0, 0.1) is 0 Å². The van der Waals surface area contributed by atoms with Gasteiger partial charge in [-0.1, -0.05) is 25.1 Å².